The lowest BCUT2D eigenvalue weighted by atomic mass is 10.1. The summed E-state index contributed by atoms with van der Waals surface area (Å²) in [4.78, 5) is 13.5. The normalized spacial score (nSPS) is 22.0. The highest BCUT2D eigenvalue weighted by Crippen LogP contribution is 2.21. The van der Waals surface area contributed by atoms with Gasteiger partial charge in [-0.1, -0.05) is 30.3 Å². The van der Waals surface area contributed by atoms with Crippen molar-refractivity contribution in [2.24, 2.45) is 5.73 Å². The molecular formula is C12H17N3O. The van der Waals surface area contributed by atoms with Gasteiger partial charge in [0.15, 0.2) is 0 Å². The van der Waals surface area contributed by atoms with Crippen LogP contribution in [0.15, 0.2) is 30.3 Å². The molecule has 1 saturated heterocycles. The van der Waals surface area contributed by atoms with Crippen LogP contribution in [0, 0.1) is 0 Å². The van der Waals surface area contributed by atoms with E-state index in [2.05, 4.69) is 5.32 Å². The molecular weight excluding hydrogens is 202 g/mol. The van der Waals surface area contributed by atoms with Crippen LogP contribution in [0.2, 0.25) is 0 Å². The number of amides is 2. The topological polar surface area (TPSA) is 58.4 Å². The number of carbonyl (C=O) groups excluding carboxylic acids is 1. The monoisotopic (exact) mass is 219 g/mol. The van der Waals surface area contributed by atoms with Crippen molar-refractivity contribution in [3.8, 4) is 0 Å². The second kappa shape index (κ2) is 4.53. The fourth-order valence-corrected chi connectivity index (χ4v) is 1.94. The van der Waals surface area contributed by atoms with Gasteiger partial charge in [-0.15, -0.1) is 0 Å². The van der Waals surface area contributed by atoms with E-state index in [0.29, 0.717) is 13.1 Å². The van der Waals surface area contributed by atoms with Crippen LogP contribution in [0.5, 0.6) is 0 Å². The number of hydrogen-bond donors (Lipinski definition) is 2. The quantitative estimate of drug-likeness (QED) is 0.799. The smallest absolute Gasteiger partial charge is 0.318 e. The van der Waals surface area contributed by atoms with Crippen LogP contribution in [0.4, 0.5) is 4.79 Å². The highest BCUT2D eigenvalue weighted by atomic mass is 16.2. The van der Waals surface area contributed by atoms with Crippen LogP contribution >= 0.6 is 0 Å². The minimum absolute atomic E-state index is 0.0215. The van der Waals surface area contributed by atoms with Crippen molar-refractivity contribution in [2.45, 2.75) is 19.0 Å². The summed E-state index contributed by atoms with van der Waals surface area (Å²) in [6, 6.07) is 10.2. The largest absolute Gasteiger partial charge is 0.329 e. The molecule has 2 rings (SSSR count). The standard InChI is InChI=1S/C12H17N3O/c1-9(7-13)15-8-11(14-12(15)16)10-5-3-2-4-6-10/h2-6,9,11H,7-8,13H2,1H3,(H,14,16). The number of nitrogens with zero attached hydrogens (tertiary/aromatic N) is 1. The Bertz CT molecular complexity index is 366. The van der Waals surface area contributed by atoms with Gasteiger partial charge in [-0.05, 0) is 12.5 Å². The van der Waals surface area contributed by atoms with Crippen LogP contribution < -0.4 is 11.1 Å². The van der Waals surface area contributed by atoms with E-state index in [9.17, 15) is 4.79 Å². The molecule has 0 radical (unpaired) electrons. The lowest BCUT2D eigenvalue weighted by Crippen LogP contribution is -2.40. The Morgan fingerprint density at radius 2 is 2.19 bits per heavy atom. The van der Waals surface area contributed by atoms with Crippen molar-refractivity contribution in [3.05, 3.63) is 35.9 Å². The van der Waals surface area contributed by atoms with Crippen LogP contribution in [-0.2, 0) is 0 Å². The average molecular weight is 219 g/mol. The van der Waals surface area contributed by atoms with Gasteiger partial charge in [0.05, 0.1) is 6.04 Å². The fraction of sp³-hybridized carbons (Fsp3) is 0.417. The molecule has 1 aromatic rings. The maximum Gasteiger partial charge on any atom is 0.318 e. The molecule has 2 atom stereocenters. The predicted molar refractivity (Wildman–Crippen MR) is 62.9 cm³/mol. The molecule has 0 aromatic heterocycles. The highest BCUT2D eigenvalue weighted by Gasteiger charge is 2.31. The second-order valence-corrected chi connectivity index (χ2v) is 4.15. The van der Waals surface area contributed by atoms with Crippen LogP contribution in [0.3, 0.4) is 0 Å². The van der Waals surface area contributed by atoms with E-state index < -0.39 is 0 Å². The maximum atomic E-state index is 11.7. The number of rotatable bonds is 3. The van der Waals surface area contributed by atoms with E-state index in [1.54, 1.807) is 4.90 Å². The lowest BCUT2D eigenvalue weighted by Gasteiger charge is -2.21. The third kappa shape index (κ3) is 2.02. The molecule has 2 amide bonds. The zero-order valence-corrected chi connectivity index (χ0v) is 9.39. The van der Waals surface area contributed by atoms with E-state index in [-0.39, 0.29) is 18.1 Å². The Kier molecular flexibility index (Phi) is 3.10. The summed E-state index contributed by atoms with van der Waals surface area (Å²) in [5.41, 5.74) is 6.72. The molecule has 4 heteroatoms. The first-order chi connectivity index (χ1) is 7.72. The van der Waals surface area contributed by atoms with Crippen molar-refractivity contribution in [1.29, 1.82) is 0 Å². The van der Waals surface area contributed by atoms with Crippen LogP contribution in [0.25, 0.3) is 0 Å². The summed E-state index contributed by atoms with van der Waals surface area (Å²) in [5.74, 6) is 0. The molecule has 1 fully saturated rings. The number of nitrogens with two attached hydrogens (primary N) is 1. The SMILES string of the molecule is CC(CN)N1CC(c2ccccc2)NC1=O. The van der Waals surface area contributed by atoms with Gasteiger partial charge in [-0.25, -0.2) is 4.79 Å². The first-order valence-corrected chi connectivity index (χ1v) is 5.54. The third-order valence-electron chi connectivity index (χ3n) is 3.01. The Labute approximate surface area is 95.4 Å². The summed E-state index contributed by atoms with van der Waals surface area (Å²) >= 11 is 0. The van der Waals surface area contributed by atoms with Gasteiger partial charge in [0.2, 0.25) is 0 Å². The van der Waals surface area contributed by atoms with Crippen molar-refractivity contribution >= 4 is 6.03 Å². The summed E-state index contributed by atoms with van der Waals surface area (Å²) in [5, 5.41) is 2.97. The zero-order chi connectivity index (χ0) is 11.5. The molecule has 1 aliphatic heterocycles. The van der Waals surface area contributed by atoms with E-state index in [4.69, 9.17) is 5.73 Å². The Balaban J connectivity index is 2.10. The average Bonchev–Trinajstić information content (AvgIpc) is 2.71. The van der Waals surface area contributed by atoms with Gasteiger partial charge in [-0.3, -0.25) is 0 Å². The van der Waals surface area contributed by atoms with E-state index in [1.807, 2.05) is 37.3 Å². The number of hydrogen-bond acceptors (Lipinski definition) is 2. The first-order valence-electron chi connectivity index (χ1n) is 5.54. The molecule has 0 aliphatic carbocycles. The summed E-state index contributed by atoms with van der Waals surface area (Å²) in [7, 11) is 0. The van der Waals surface area contributed by atoms with E-state index >= 15 is 0 Å². The Morgan fingerprint density at radius 1 is 1.50 bits per heavy atom. The maximum absolute atomic E-state index is 11.7. The van der Waals surface area contributed by atoms with Crippen molar-refractivity contribution < 1.29 is 4.79 Å². The van der Waals surface area contributed by atoms with Gasteiger partial charge in [0, 0.05) is 19.1 Å². The summed E-state index contributed by atoms with van der Waals surface area (Å²) < 4.78 is 0. The van der Waals surface area contributed by atoms with Gasteiger partial charge in [0.25, 0.3) is 0 Å². The first kappa shape index (κ1) is 11.0. The van der Waals surface area contributed by atoms with Crippen molar-refractivity contribution in [2.75, 3.05) is 13.1 Å². The van der Waals surface area contributed by atoms with Crippen LogP contribution in [-0.4, -0.2) is 30.1 Å². The zero-order valence-electron chi connectivity index (χ0n) is 9.39. The molecule has 0 spiro atoms. The van der Waals surface area contributed by atoms with Gasteiger partial charge < -0.3 is 16.0 Å². The third-order valence-corrected chi connectivity index (χ3v) is 3.01. The fourth-order valence-electron chi connectivity index (χ4n) is 1.94. The predicted octanol–water partition coefficient (Wildman–Crippen LogP) is 1.10. The summed E-state index contributed by atoms with van der Waals surface area (Å²) in [6.45, 7) is 3.16. The lowest BCUT2D eigenvalue weighted by molar-refractivity contribution is 0.203. The number of urea groups is 1. The van der Waals surface area contributed by atoms with E-state index in [1.165, 1.54) is 0 Å². The van der Waals surface area contributed by atoms with Crippen molar-refractivity contribution in [1.82, 2.24) is 10.2 Å². The minimum atomic E-state index is -0.0215. The molecule has 1 aromatic carbocycles. The molecule has 2 unspecified atom stereocenters. The molecule has 4 nitrogen and oxygen atoms in total. The van der Waals surface area contributed by atoms with Gasteiger partial charge in [0.1, 0.15) is 0 Å². The minimum Gasteiger partial charge on any atom is -0.329 e. The number of nitrogens with one attached hydrogen (secondary N) is 1. The number of carbonyl (C=O) groups is 1. The molecule has 16 heavy (non-hydrogen) atoms. The molecule has 3 N–H and O–H groups in total. The molecule has 1 heterocycles. The van der Waals surface area contributed by atoms with Crippen molar-refractivity contribution in [3.63, 3.8) is 0 Å². The Hall–Kier alpha value is -1.55. The van der Waals surface area contributed by atoms with Crippen LogP contribution in [0.1, 0.15) is 18.5 Å². The molecule has 1 aliphatic rings. The van der Waals surface area contributed by atoms with E-state index in [0.717, 1.165) is 5.56 Å². The molecule has 0 bridgehead atoms. The van der Waals surface area contributed by atoms with Gasteiger partial charge in [-0.2, -0.15) is 0 Å². The molecule has 86 valence electrons. The Morgan fingerprint density at radius 3 is 2.81 bits per heavy atom. The molecule has 0 saturated carbocycles. The summed E-state index contributed by atoms with van der Waals surface area (Å²) in [6.07, 6.45) is 0. The highest BCUT2D eigenvalue weighted by molar-refractivity contribution is 5.77. The van der Waals surface area contributed by atoms with Gasteiger partial charge >= 0.3 is 6.03 Å². The second-order valence-electron chi connectivity index (χ2n) is 4.15. The number of benzene rings is 1.